The van der Waals surface area contributed by atoms with Crippen molar-refractivity contribution in [1.29, 1.82) is 0 Å². The van der Waals surface area contributed by atoms with Gasteiger partial charge in [-0.3, -0.25) is 0 Å². The number of anilines is 1. The molecule has 1 aliphatic heterocycles. The van der Waals surface area contributed by atoms with Gasteiger partial charge >= 0.3 is 6.03 Å². The summed E-state index contributed by atoms with van der Waals surface area (Å²) in [5.74, 6) is 0.137. The number of aromatic nitrogens is 3. The van der Waals surface area contributed by atoms with Crippen LogP contribution in [-0.4, -0.2) is 45.0 Å². The van der Waals surface area contributed by atoms with Gasteiger partial charge in [-0.2, -0.15) is 0 Å². The highest BCUT2D eigenvalue weighted by molar-refractivity contribution is 5.90. The Morgan fingerprint density at radius 2 is 2.17 bits per heavy atom. The number of urea groups is 1. The highest BCUT2D eigenvalue weighted by Crippen LogP contribution is 2.23. The first-order valence-corrected chi connectivity index (χ1v) is 10.2. The van der Waals surface area contributed by atoms with Crippen molar-refractivity contribution in [3.05, 3.63) is 48.0 Å². The lowest BCUT2D eigenvalue weighted by Gasteiger charge is -2.16. The fraction of sp³-hybridized carbons (Fsp3) is 0.409. The Bertz CT molecular complexity index is 1060. The smallest absolute Gasteiger partial charge is 0.321 e. The molecule has 1 aliphatic rings. The number of carbonyl (C=O) groups excluding carboxylic acids is 1. The monoisotopic (exact) mass is 413 g/mol. The molecule has 1 fully saturated rings. The molecule has 1 atom stereocenters. The predicted octanol–water partition coefficient (Wildman–Crippen LogP) is 4.72. The summed E-state index contributed by atoms with van der Waals surface area (Å²) < 4.78 is 29.3. The van der Waals surface area contributed by atoms with Crippen LogP contribution in [0, 0.1) is 11.7 Å². The van der Waals surface area contributed by atoms with Crippen LogP contribution in [0.5, 0.6) is 0 Å². The minimum absolute atomic E-state index is 0.0786. The van der Waals surface area contributed by atoms with E-state index in [4.69, 9.17) is 0 Å². The van der Waals surface area contributed by atoms with Crippen LogP contribution in [0.4, 0.5) is 19.3 Å². The fourth-order valence-corrected chi connectivity index (χ4v) is 3.55. The van der Waals surface area contributed by atoms with E-state index in [2.05, 4.69) is 29.2 Å². The summed E-state index contributed by atoms with van der Waals surface area (Å²) in [6.07, 6.45) is 4.89. The van der Waals surface area contributed by atoms with Gasteiger partial charge in [-0.05, 0) is 55.0 Å². The van der Waals surface area contributed by atoms with Crippen molar-refractivity contribution in [3.8, 4) is 5.69 Å². The number of likely N-dealkylation sites (tertiary alicyclic amines) is 1. The molecule has 6 nitrogen and oxygen atoms in total. The lowest BCUT2D eigenvalue weighted by Crippen LogP contribution is -2.33. The maximum absolute atomic E-state index is 14.5. The molecule has 30 heavy (non-hydrogen) atoms. The second kappa shape index (κ2) is 8.38. The van der Waals surface area contributed by atoms with E-state index in [1.807, 2.05) is 12.3 Å². The molecule has 1 N–H and O–H groups in total. The van der Waals surface area contributed by atoms with Gasteiger partial charge < -0.3 is 10.2 Å². The summed E-state index contributed by atoms with van der Waals surface area (Å²) in [4.78, 5) is 18.1. The number of hydrogen-bond donors (Lipinski definition) is 1. The lowest BCUT2D eigenvalue weighted by atomic mass is 10.0. The number of aryl methyl sites for hydroxylation is 1. The Morgan fingerprint density at radius 1 is 1.33 bits per heavy atom. The van der Waals surface area contributed by atoms with Crippen LogP contribution >= 0.6 is 0 Å². The first-order chi connectivity index (χ1) is 14.4. The number of benzene rings is 1. The molecule has 2 amide bonds. The summed E-state index contributed by atoms with van der Waals surface area (Å²) in [6, 6.07) is 5.90. The van der Waals surface area contributed by atoms with Crippen molar-refractivity contribution in [1.82, 2.24) is 19.7 Å². The minimum Gasteiger partial charge on any atom is -0.322 e. The molecule has 2 aromatic heterocycles. The number of fused-ring (bicyclic) bond motifs is 1. The fourth-order valence-electron chi connectivity index (χ4n) is 3.55. The molecule has 0 radical (unpaired) electrons. The standard InChI is InChI=1S/C22H25F2N5O/c1-14(2)3-4-15-9-16-12-29(27-21(16)25-11-15)20-10-18(5-6-19(20)24)26-22(30)28-8-7-17(23)13-28/h5-6,9-12,14,17H,3-4,7-8,13H2,1-2H3,(H,26,30)/t17-/m1/s1. The largest absolute Gasteiger partial charge is 0.322 e. The number of pyridine rings is 1. The van der Waals surface area contributed by atoms with E-state index in [0.29, 0.717) is 30.2 Å². The first kappa shape index (κ1) is 20.3. The lowest BCUT2D eigenvalue weighted by molar-refractivity contribution is 0.218. The Balaban J connectivity index is 1.56. The van der Waals surface area contributed by atoms with Gasteiger partial charge in [0, 0.05) is 30.0 Å². The molecule has 158 valence electrons. The molecule has 0 bridgehead atoms. The molecule has 3 aromatic rings. The van der Waals surface area contributed by atoms with E-state index in [0.717, 1.165) is 23.8 Å². The van der Waals surface area contributed by atoms with E-state index in [-0.39, 0.29) is 12.2 Å². The van der Waals surface area contributed by atoms with Gasteiger partial charge in [-0.25, -0.2) is 23.2 Å². The number of hydrogen-bond acceptors (Lipinski definition) is 3. The number of carbonyl (C=O) groups is 1. The molecule has 0 saturated carbocycles. The molecule has 1 saturated heterocycles. The average Bonchev–Trinajstić information content (AvgIpc) is 3.33. The second-order valence-electron chi connectivity index (χ2n) is 8.19. The summed E-state index contributed by atoms with van der Waals surface area (Å²) in [7, 11) is 0. The number of nitrogens with zero attached hydrogens (tertiary/aromatic N) is 4. The van der Waals surface area contributed by atoms with E-state index in [1.165, 1.54) is 27.8 Å². The summed E-state index contributed by atoms with van der Waals surface area (Å²) in [6.45, 7) is 4.81. The van der Waals surface area contributed by atoms with E-state index >= 15 is 0 Å². The molecule has 0 unspecified atom stereocenters. The Labute approximate surface area is 173 Å². The Hall–Kier alpha value is -3.03. The van der Waals surface area contributed by atoms with Crippen LogP contribution < -0.4 is 5.32 Å². The van der Waals surface area contributed by atoms with Crippen LogP contribution in [0.1, 0.15) is 32.3 Å². The van der Waals surface area contributed by atoms with Gasteiger partial charge in [0.1, 0.15) is 17.7 Å². The van der Waals surface area contributed by atoms with Crippen molar-refractivity contribution < 1.29 is 13.6 Å². The number of halogens is 2. The quantitative estimate of drug-likeness (QED) is 0.658. The maximum Gasteiger partial charge on any atom is 0.321 e. The van der Waals surface area contributed by atoms with Crippen molar-refractivity contribution in [3.63, 3.8) is 0 Å². The zero-order valence-electron chi connectivity index (χ0n) is 17.1. The maximum atomic E-state index is 14.5. The summed E-state index contributed by atoms with van der Waals surface area (Å²) in [5.41, 5.74) is 2.28. The van der Waals surface area contributed by atoms with Crippen LogP contribution in [0.15, 0.2) is 36.7 Å². The van der Waals surface area contributed by atoms with Gasteiger partial charge in [0.25, 0.3) is 0 Å². The van der Waals surface area contributed by atoms with Gasteiger partial charge in [-0.1, -0.05) is 13.8 Å². The van der Waals surface area contributed by atoms with Crippen molar-refractivity contribution in [2.75, 3.05) is 18.4 Å². The minimum atomic E-state index is -0.992. The first-order valence-electron chi connectivity index (χ1n) is 10.2. The van der Waals surface area contributed by atoms with Crippen molar-refractivity contribution in [2.45, 2.75) is 39.3 Å². The third kappa shape index (κ3) is 4.42. The third-order valence-corrected chi connectivity index (χ3v) is 5.29. The molecule has 3 heterocycles. The van der Waals surface area contributed by atoms with Crippen LogP contribution in [-0.2, 0) is 6.42 Å². The van der Waals surface area contributed by atoms with Gasteiger partial charge in [0.2, 0.25) is 0 Å². The highest BCUT2D eigenvalue weighted by Gasteiger charge is 2.26. The van der Waals surface area contributed by atoms with Gasteiger partial charge in [0.05, 0.1) is 6.54 Å². The van der Waals surface area contributed by atoms with Crippen molar-refractivity contribution in [2.24, 2.45) is 5.92 Å². The second-order valence-corrected chi connectivity index (χ2v) is 8.19. The van der Waals surface area contributed by atoms with Crippen LogP contribution in [0.2, 0.25) is 0 Å². The van der Waals surface area contributed by atoms with Crippen LogP contribution in [0.25, 0.3) is 16.7 Å². The number of amides is 2. The molecule has 1 aromatic carbocycles. The zero-order chi connectivity index (χ0) is 21.3. The summed E-state index contributed by atoms with van der Waals surface area (Å²) in [5, 5.41) is 7.92. The zero-order valence-corrected chi connectivity index (χ0v) is 17.1. The Kier molecular flexibility index (Phi) is 5.65. The topological polar surface area (TPSA) is 63.1 Å². The van der Waals surface area contributed by atoms with Crippen molar-refractivity contribution >= 4 is 22.8 Å². The number of alkyl halides is 1. The molecular formula is C22H25F2N5O. The number of rotatable bonds is 5. The van der Waals surface area contributed by atoms with Crippen LogP contribution in [0.3, 0.4) is 0 Å². The number of nitrogens with one attached hydrogen (secondary N) is 1. The normalized spacial score (nSPS) is 16.6. The SMILES string of the molecule is CC(C)CCc1cnc2nn(-c3cc(NC(=O)N4CC[C@@H](F)C4)ccc3F)cc2c1. The van der Waals surface area contributed by atoms with E-state index in [1.54, 1.807) is 6.20 Å². The van der Waals surface area contributed by atoms with E-state index < -0.39 is 18.0 Å². The molecular weight excluding hydrogens is 388 g/mol. The predicted molar refractivity (Wildman–Crippen MR) is 112 cm³/mol. The third-order valence-electron chi connectivity index (χ3n) is 5.29. The highest BCUT2D eigenvalue weighted by atomic mass is 19.1. The van der Waals surface area contributed by atoms with E-state index in [9.17, 15) is 13.6 Å². The molecule has 0 spiro atoms. The summed E-state index contributed by atoms with van der Waals surface area (Å²) >= 11 is 0. The van der Waals surface area contributed by atoms with Gasteiger partial charge in [0.15, 0.2) is 5.65 Å². The molecule has 8 heteroatoms. The molecule has 0 aliphatic carbocycles. The average molecular weight is 413 g/mol. The Morgan fingerprint density at radius 3 is 2.90 bits per heavy atom. The van der Waals surface area contributed by atoms with Gasteiger partial charge in [-0.15, -0.1) is 5.10 Å². The molecule has 4 rings (SSSR count).